The zero-order valence-corrected chi connectivity index (χ0v) is 10.00. The van der Waals surface area contributed by atoms with E-state index in [4.69, 9.17) is 0 Å². The predicted octanol–water partition coefficient (Wildman–Crippen LogP) is 2.67. The lowest BCUT2D eigenvalue weighted by atomic mass is 10.1. The molecule has 0 fully saturated rings. The minimum absolute atomic E-state index is 0.241. The number of hydrogen-bond donors (Lipinski definition) is 0. The van der Waals surface area contributed by atoms with Crippen LogP contribution in [0.5, 0.6) is 0 Å². The van der Waals surface area contributed by atoms with E-state index in [0.717, 1.165) is 22.3 Å². The molecular weight excluding hydrogens is 224 g/mol. The third kappa shape index (κ3) is 1.61. The van der Waals surface area contributed by atoms with Gasteiger partial charge in [0.05, 0.1) is 11.2 Å². The van der Waals surface area contributed by atoms with Gasteiger partial charge in [0.25, 0.3) is 0 Å². The van der Waals surface area contributed by atoms with Gasteiger partial charge in [-0.2, -0.15) is 4.98 Å². The van der Waals surface area contributed by atoms with Gasteiger partial charge in [0.2, 0.25) is 0 Å². The summed E-state index contributed by atoms with van der Waals surface area (Å²) in [6.45, 7) is 1.99. The standard InChI is InChI=1S/C15H12N2O/c1-11-13-9-5-6-10-17(13)15(18)16-14(11)12-7-3-2-4-8-12/h2-10H,1H3. The minimum Gasteiger partial charge on any atom is -0.268 e. The SMILES string of the molecule is Cc1c(-c2ccccc2)nc(=O)n2ccccc12. The van der Waals surface area contributed by atoms with E-state index in [0.29, 0.717) is 0 Å². The van der Waals surface area contributed by atoms with E-state index < -0.39 is 0 Å². The number of benzene rings is 1. The van der Waals surface area contributed by atoms with Crippen LogP contribution in [-0.4, -0.2) is 9.38 Å². The Balaban J connectivity index is 2.39. The lowest BCUT2D eigenvalue weighted by molar-refractivity contribution is 0.984. The normalized spacial score (nSPS) is 10.7. The van der Waals surface area contributed by atoms with Gasteiger partial charge < -0.3 is 0 Å². The second kappa shape index (κ2) is 4.11. The molecule has 2 aromatic heterocycles. The topological polar surface area (TPSA) is 34.4 Å². The van der Waals surface area contributed by atoms with Gasteiger partial charge in [-0.25, -0.2) is 4.79 Å². The average Bonchev–Trinajstić information content (AvgIpc) is 2.44. The maximum atomic E-state index is 12.0. The first-order valence-electron chi connectivity index (χ1n) is 5.81. The van der Waals surface area contributed by atoms with Crippen LogP contribution in [0.25, 0.3) is 16.8 Å². The van der Waals surface area contributed by atoms with Crippen LogP contribution >= 0.6 is 0 Å². The van der Waals surface area contributed by atoms with Crippen molar-refractivity contribution in [2.24, 2.45) is 0 Å². The molecule has 0 atom stereocenters. The quantitative estimate of drug-likeness (QED) is 0.651. The molecule has 3 heteroatoms. The second-order valence-corrected chi connectivity index (χ2v) is 4.19. The van der Waals surface area contributed by atoms with Crippen LogP contribution in [0.4, 0.5) is 0 Å². The van der Waals surface area contributed by atoms with E-state index in [-0.39, 0.29) is 5.69 Å². The summed E-state index contributed by atoms with van der Waals surface area (Å²) in [5.74, 6) is 0. The summed E-state index contributed by atoms with van der Waals surface area (Å²) in [5.41, 5.74) is 3.40. The Morgan fingerprint density at radius 3 is 2.50 bits per heavy atom. The van der Waals surface area contributed by atoms with Crippen molar-refractivity contribution in [3.05, 3.63) is 70.8 Å². The number of aromatic nitrogens is 2. The lowest BCUT2D eigenvalue weighted by Crippen LogP contribution is -2.18. The molecule has 18 heavy (non-hydrogen) atoms. The van der Waals surface area contributed by atoms with Crippen molar-refractivity contribution in [2.75, 3.05) is 0 Å². The first-order chi connectivity index (χ1) is 8.77. The number of hydrogen-bond acceptors (Lipinski definition) is 2. The summed E-state index contributed by atoms with van der Waals surface area (Å²) in [6, 6.07) is 15.5. The van der Waals surface area contributed by atoms with Crippen molar-refractivity contribution in [3.8, 4) is 11.3 Å². The van der Waals surface area contributed by atoms with E-state index >= 15 is 0 Å². The molecule has 1 aromatic carbocycles. The Bertz CT molecular complexity index is 760. The van der Waals surface area contributed by atoms with Crippen LogP contribution < -0.4 is 5.69 Å². The predicted molar refractivity (Wildman–Crippen MR) is 71.6 cm³/mol. The Morgan fingerprint density at radius 2 is 1.72 bits per heavy atom. The molecule has 0 saturated heterocycles. The highest BCUT2D eigenvalue weighted by Crippen LogP contribution is 2.22. The van der Waals surface area contributed by atoms with Crippen LogP contribution in [0.3, 0.4) is 0 Å². The molecule has 0 bridgehead atoms. The van der Waals surface area contributed by atoms with Gasteiger partial charge in [-0.15, -0.1) is 0 Å². The first kappa shape index (κ1) is 10.7. The maximum absolute atomic E-state index is 12.0. The van der Waals surface area contributed by atoms with Crippen molar-refractivity contribution >= 4 is 5.52 Å². The van der Waals surface area contributed by atoms with Gasteiger partial charge >= 0.3 is 5.69 Å². The molecule has 0 aliphatic heterocycles. The fourth-order valence-corrected chi connectivity index (χ4v) is 2.15. The Kier molecular flexibility index (Phi) is 2.45. The molecule has 2 heterocycles. The monoisotopic (exact) mass is 236 g/mol. The van der Waals surface area contributed by atoms with Crippen molar-refractivity contribution in [1.29, 1.82) is 0 Å². The van der Waals surface area contributed by atoms with Crippen LogP contribution in [0.1, 0.15) is 5.56 Å². The molecule has 3 nitrogen and oxygen atoms in total. The highest BCUT2D eigenvalue weighted by atomic mass is 16.1. The van der Waals surface area contributed by atoms with Gasteiger partial charge in [-0.05, 0) is 24.6 Å². The van der Waals surface area contributed by atoms with E-state index in [1.165, 1.54) is 0 Å². The van der Waals surface area contributed by atoms with Crippen molar-refractivity contribution in [2.45, 2.75) is 6.92 Å². The van der Waals surface area contributed by atoms with Gasteiger partial charge in [-0.1, -0.05) is 36.4 Å². The number of pyridine rings is 1. The van der Waals surface area contributed by atoms with Gasteiger partial charge in [0.15, 0.2) is 0 Å². The molecule has 3 rings (SSSR count). The van der Waals surface area contributed by atoms with E-state index in [9.17, 15) is 4.79 Å². The molecule has 0 amide bonds. The molecule has 0 spiro atoms. The highest BCUT2D eigenvalue weighted by Gasteiger charge is 2.09. The van der Waals surface area contributed by atoms with E-state index in [1.54, 1.807) is 10.6 Å². The molecule has 3 aromatic rings. The Labute approximate surface area is 104 Å². The van der Waals surface area contributed by atoms with Crippen LogP contribution in [-0.2, 0) is 0 Å². The summed E-state index contributed by atoms with van der Waals surface area (Å²) in [7, 11) is 0. The Morgan fingerprint density at radius 1 is 1.00 bits per heavy atom. The molecular formula is C15H12N2O. The average molecular weight is 236 g/mol. The smallest absolute Gasteiger partial charge is 0.268 e. The molecule has 0 aliphatic carbocycles. The molecule has 0 aliphatic rings. The van der Waals surface area contributed by atoms with Crippen molar-refractivity contribution < 1.29 is 0 Å². The lowest BCUT2D eigenvalue weighted by Gasteiger charge is -2.08. The molecule has 0 N–H and O–H groups in total. The summed E-state index contributed by atoms with van der Waals surface area (Å²) in [6.07, 6.45) is 1.74. The summed E-state index contributed by atoms with van der Waals surface area (Å²) >= 11 is 0. The summed E-state index contributed by atoms with van der Waals surface area (Å²) in [4.78, 5) is 16.2. The van der Waals surface area contributed by atoms with E-state index in [2.05, 4.69) is 4.98 Å². The van der Waals surface area contributed by atoms with Crippen LogP contribution in [0, 0.1) is 6.92 Å². The van der Waals surface area contributed by atoms with Gasteiger partial charge in [-0.3, -0.25) is 4.40 Å². The number of rotatable bonds is 1. The third-order valence-electron chi connectivity index (χ3n) is 3.06. The zero-order chi connectivity index (χ0) is 12.5. The fourth-order valence-electron chi connectivity index (χ4n) is 2.15. The molecule has 0 unspecified atom stereocenters. The third-order valence-corrected chi connectivity index (χ3v) is 3.06. The largest absolute Gasteiger partial charge is 0.352 e. The highest BCUT2D eigenvalue weighted by molar-refractivity contribution is 5.70. The molecule has 88 valence electrons. The summed E-state index contributed by atoms with van der Waals surface area (Å²) < 4.78 is 1.57. The second-order valence-electron chi connectivity index (χ2n) is 4.19. The fraction of sp³-hybridized carbons (Fsp3) is 0.0667. The summed E-state index contributed by atoms with van der Waals surface area (Å²) in [5, 5.41) is 0. The van der Waals surface area contributed by atoms with Crippen molar-refractivity contribution in [1.82, 2.24) is 9.38 Å². The first-order valence-corrected chi connectivity index (χ1v) is 5.81. The minimum atomic E-state index is -0.241. The van der Waals surface area contributed by atoms with Crippen molar-refractivity contribution in [3.63, 3.8) is 0 Å². The molecule has 0 saturated carbocycles. The van der Waals surface area contributed by atoms with Gasteiger partial charge in [0, 0.05) is 11.8 Å². The van der Waals surface area contributed by atoms with E-state index in [1.807, 2.05) is 55.5 Å². The zero-order valence-electron chi connectivity index (χ0n) is 10.00. The Hall–Kier alpha value is -2.42. The van der Waals surface area contributed by atoms with Crippen LogP contribution in [0.15, 0.2) is 59.5 Å². The maximum Gasteiger partial charge on any atom is 0.352 e. The number of nitrogens with zero attached hydrogens (tertiary/aromatic N) is 2. The molecule has 0 radical (unpaired) electrons. The van der Waals surface area contributed by atoms with Crippen LogP contribution in [0.2, 0.25) is 0 Å². The van der Waals surface area contributed by atoms with Gasteiger partial charge in [0.1, 0.15) is 0 Å². The number of fused-ring (bicyclic) bond motifs is 1. The number of aryl methyl sites for hydroxylation is 1.